The summed E-state index contributed by atoms with van der Waals surface area (Å²) in [7, 11) is 1.51. The lowest BCUT2D eigenvalue weighted by atomic mass is 10.0. The number of halogens is 3. The first-order valence-corrected chi connectivity index (χ1v) is 6.19. The van der Waals surface area contributed by atoms with E-state index >= 15 is 0 Å². The van der Waals surface area contributed by atoms with Crippen molar-refractivity contribution in [2.24, 2.45) is 0 Å². The Kier molecular flexibility index (Phi) is 4.35. The minimum atomic E-state index is -0.829. The van der Waals surface area contributed by atoms with Crippen molar-refractivity contribution in [2.45, 2.75) is 6.42 Å². The van der Waals surface area contributed by atoms with Gasteiger partial charge in [0.1, 0.15) is 17.4 Å². The molecule has 0 spiro atoms. The largest absolute Gasteiger partial charge is 0.497 e. The number of methoxy groups -OCH3 is 1. The van der Waals surface area contributed by atoms with E-state index in [2.05, 4.69) is 0 Å². The van der Waals surface area contributed by atoms with Gasteiger partial charge < -0.3 is 4.74 Å². The molecule has 0 saturated heterocycles. The molecule has 20 heavy (non-hydrogen) atoms. The number of ether oxygens (including phenoxy) is 1. The molecule has 0 aliphatic carbocycles. The minimum Gasteiger partial charge on any atom is -0.497 e. The quantitative estimate of drug-likeness (QED) is 0.628. The SMILES string of the molecule is COc1cccc(CC(=O)c2cc(F)c(Cl)cc2F)c1. The maximum absolute atomic E-state index is 13.6. The van der Waals surface area contributed by atoms with E-state index in [0.29, 0.717) is 11.3 Å². The predicted octanol–water partition coefficient (Wildman–Crippen LogP) is 4.05. The van der Waals surface area contributed by atoms with Crippen LogP contribution in [0.25, 0.3) is 0 Å². The maximum Gasteiger partial charge on any atom is 0.170 e. The number of Topliss-reactive ketones (excluding diaryl/α,β-unsaturated/α-hetero) is 1. The Labute approximate surface area is 119 Å². The molecular weight excluding hydrogens is 286 g/mol. The molecule has 2 aromatic carbocycles. The number of hydrogen-bond acceptors (Lipinski definition) is 2. The van der Waals surface area contributed by atoms with Crippen molar-refractivity contribution >= 4 is 17.4 Å². The van der Waals surface area contributed by atoms with Crippen LogP contribution in [0.5, 0.6) is 5.75 Å². The Hall–Kier alpha value is -1.94. The summed E-state index contributed by atoms with van der Waals surface area (Å²) >= 11 is 5.45. The van der Waals surface area contributed by atoms with E-state index in [-0.39, 0.29) is 17.0 Å². The van der Waals surface area contributed by atoms with E-state index in [0.717, 1.165) is 12.1 Å². The molecule has 0 radical (unpaired) electrons. The Morgan fingerprint density at radius 3 is 2.65 bits per heavy atom. The standard InChI is InChI=1S/C15H11ClF2O2/c1-20-10-4-2-3-9(5-10)6-15(19)11-7-14(18)12(16)8-13(11)17/h2-5,7-8H,6H2,1H3. The zero-order chi connectivity index (χ0) is 14.7. The van der Waals surface area contributed by atoms with Crippen LogP contribution < -0.4 is 4.74 Å². The van der Waals surface area contributed by atoms with Gasteiger partial charge in [-0.1, -0.05) is 23.7 Å². The van der Waals surface area contributed by atoms with Crippen LogP contribution in [0.2, 0.25) is 5.02 Å². The van der Waals surface area contributed by atoms with Crippen molar-refractivity contribution in [3.8, 4) is 5.75 Å². The van der Waals surface area contributed by atoms with E-state index in [4.69, 9.17) is 16.3 Å². The van der Waals surface area contributed by atoms with E-state index < -0.39 is 17.4 Å². The van der Waals surface area contributed by atoms with Gasteiger partial charge >= 0.3 is 0 Å². The summed E-state index contributed by atoms with van der Waals surface area (Å²) in [6.45, 7) is 0. The lowest BCUT2D eigenvalue weighted by Gasteiger charge is -2.06. The van der Waals surface area contributed by atoms with E-state index in [1.54, 1.807) is 24.3 Å². The highest BCUT2D eigenvalue weighted by atomic mass is 35.5. The number of carbonyl (C=O) groups excluding carboxylic acids is 1. The predicted molar refractivity (Wildman–Crippen MR) is 72.4 cm³/mol. The minimum absolute atomic E-state index is 0.0464. The average molecular weight is 297 g/mol. The normalized spacial score (nSPS) is 10.4. The Bertz CT molecular complexity index is 656. The first kappa shape index (κ1) is 14.5. The molecule has 104 valence electrons. The van der Waals surface area contributed by atoms with Gasteiger partial charge in [-0.25, -0.2) is 8.78 Å². The molecule has 0 saturated carbocycles. The fourth-order valence-electron chi connectivity index (χ4n) is 1.80. The van der Waals surface area contributed by atoms with Gasteiger partial charge in [0.25, 0.3) is 0 Å². The van der Waals surface area contributed by atoms with Gasteiger partial charge in [-0.05, 0) is 29.8 Å². The van der Waals surface area contributed by atoms with Gasteiger partial charge in [-0.15, -0.1) is 0 Å². The van der Waals surface area contributed by atoms with Crippen LogP contribution in [0.15, 0.2) is 36.4 Å². The van der Waals surface area contributed by atoms with E-state index in [1.165, 1.54) is 7.11 Å². The van der Waals surface area contributed by atoms with Crippen LogP contribution in [0, 0.1) is 11.6 Å². The molecule has 0 heterocycles. The van der Waals surface area contributed by atoms with Crippen LogP contribution in [-0.4, -0.2) is 12.9 Å². The zero-order valence-corrected chi connectivity index (χ0v) is 11.4. The summed E-state index contributed by atoms with van der Waals surface area (Å²) in [5.41, 5.74) is 0.346. The Morgan fingerprint density at radius 1 is 1.20 bits per heavy atom. The third-order valence-corrected chi connectivity index (χ3v) is 3.10. The van der Waals surface area contributed by atoms with Crippen molar-refractivity contribution < 1.29 is 18.3 Å². The number of ketones is 1. The molecule has 0 unspecified atom stereocenters. The molecule has 0 atom stereocenters. The molecule has 2 nitrogen and oxygen atoms in total. The van der Waals surface area contributed by atoms with Gasteiger partial charge in [0.05, 0.1) is 17.7 Å². The molecule has 5 heteroatoms. The monoisotopic (exact) mass is 296 g/mol. The fourth-order valence-corrected chi connectivity index (χ4v) is 1.95. The highest BCUT2D eigenvalue weighted by Gasteiger charge is 2.16. The number of hydrogen-bond donors (Lipinski definition) is 0. The van der Waals surface area contributed by atoms with Crippen LogP contribution >= 0.6 is 11.6 Å². The molecule has 2 aromatic rings. The van der Waals surface area contributed by atoms with Gasteiger partial charge in [0.2, 0.25) is 0 Å². The third-order valence-electron chi connectivity index (χ3n) is 2.81. The second-order valence-electron chi connectivity index (χ2n) is 4.20. The van der Waals surface area contributed by atoms with Crippen LogP contribution in [-0.2, 0) is 6.42 Å². The second kappa shape index (κ2) is 6.01. The van der Waals surface area contributed by atoms with Gasteiger partial charge in [0, 0.05) is 6.42 Å². The van der Waals surface area contributed by atoms with Crippen molar-refractivity contribution in [3.63, 3.8) is 0 Å². The lowest BCUT2D eigenvalue weighted by Crippen LogP contribution is -2.07. The smallest absolute Gasteiger partial charge is 0.170 e. The first-order valence-electron chi connectivity index (χ1n) is 5.82. The van der Waals surface area contributed by atoms with Crippen LogP contribution in [0.4, 0.5) is 8.78 Å². The summed E-state index contributed by atoms with van der Waals surface area (Å²) in [5, 5.41) is -0.347. The summed E-state index contributed by atoms with van der Waals surface area (Å²) < 4.78 is 32.0. The number of carbonyl (C=O) groups is 1. The summed E-state index contributed by atoms with van der Waals surface area (Å²) in [6, 6.07) is 8.46. The summed E-state index contributed by atoms with van der Waals surface area (Å²) in [5.74, 6) is -1.57. The molecule has 0 amide bonds. The topological polar surface area (TPSA) is 26.3 Å². The molecule has 0 bridgehead atoms. The number of benzene rings is 2. The molecule has 2 rings (SSSR count). The van der Waals surface area contributed by atoms with Gasteiger partial charge in [-0.2, -0.15) is 0 Å². The van der Waals surface area contributed by atoms with Gasteiger partial charge in [0.15, 0.2) is 5.78 Å². The van der Waals surface area contributed by atoms with Crippen molar-refractivity contribution in [2.75, 3.05) is 7.11 Å². The molecule has 0 aromatic heterocycles. The molecular formula is C15H11ClF2O2. The van der Waals surface area contributed by atoms with Crippen molar-refractivity contribution in [1.82, 2.24) is 0 Å². The molecule has 0 N–H and O–H groups in total. The summed E-state index contributed by atoms with van der Waals surface area (Å²) in [4.78, 5) is 12.0. The highest BCUT2D eigenvalue weighted by Crippen LogP contribution is 2.21. The zero-order valence-electron chi connectivity index (χ0n) is 10.6. The Morgan fingerprint density at radius 2 is 1.95 bits per heavy atom. The molecule has 0 aliphatic rings. The number of rotatable bonds is 4. The van der Waals surface area contributed by atoms with Crippen LogP contribution in [0.3, 0.4) is 0 Å². The van der Waals surface area contributed by atoms with Gasteiger partial charge in [-0.3, -0.25) is 4.79 Å². The van der Waals surface area contributed by atoms with E-state index in [1.807, 2.05) is 0 Å². The van der Waals surface area contributed by atoms with Crippen molar-refractivity contribution in [1.29, 1.82) is 0 Å². The highest BCUT2D eigenvalue weighted by molar-refractivity contribution is 6.30. The lowest BCUT2D eigenvalue weighted by molar-refractivity contribution is 0.0988. The molecule has 0 aliphatic heterocycles. The Balaban J connectivity index is 2.26. The third kappa shape index (κ3) is 3.14. The van der Waals surface area contributed by atoms with Crippen LogP contribution in [0.1, 0.15) is 15.9 Å². The molecule has 0 fully saturated rings. The maximum atomic E-state index is 13.6. The summed E-state index contributed by atoms with van der Waals surface area (Å²) in [6.07, 6.45) is -0.0464. The van der Waals surface area contributed by atoms with E-state index in [9.17, 15) is 13.6 Å². The fraction of sp³-hybridized carbons (Fsp3) is 0.133. The second-order valence-corrected chi connectivity index (χ2v) is 4.60. The average Bonchev–Trinajstić information content (AvgIpc) is 2.43. The first-order chi connectivity index (χ1) is 9.51. The van der Waals surface area contributed by atoms with Crippen molar-refractivity contribution in [3.05, 3.63) is 64.2 Å².